The van der Waals surface area contributed by atoms with E-state index in [2.05, 4.69) is 20.9 Å². The lowest BCUT2D eigenvalue weighted by atomic mass is 10.2. The number of pyridine rings is 1. The van der Waals surface area contributed by atoms with E-state index in [4.69, 9.17) is 15.2 Å². The topological polar surface area (TPSA) is 57.4 Å². The van der Waals surface area contributed by atoms with Crippen LogP contribution in [0.3, 0.4) is 0 Å². The molecule has 2 aromatic rings. The molecule has 1 aromatic carbocycles. The van der Waals surface area contributed by atoms with Crippen molar-refractivity contribution in [2.24, 2.45) is 5.73 Å². The van der Waals surface area contributed by atoms with Crippen molar-refractivity contribution in [2.75, 3.05) is 7.11 Å². The van der Waals surface area contributed by atoms with E-state index in [1.54, 1.807) is 7.11 Å². The second kappa shape index (κ2) is 6.72. The molecule has 0 atom stereocenters. The molecule has 1 aromatic heterocycles. The van der Waals surface area contributed by atoms with Crippen LogP contribution in [-0.4, -0.2) is 12.1 Å². The number of methoxy groups -OCH3 is 1. The number of rotatable bonds is 5. The lowest BCUT2D eigenvalue weighted by molar-refractivity contribution is 0.295. The van der Waals surface area contributed by atoms with Gasteiger partial charge in [0.25, 0.3) is 0 Å². The van der Waals surface area contributed by atoms with Gasteiger partial charge >= 0.3 is 0 Å². The van der Waals surface area contributed by atoms with Crippen LogP contribution in [0.5, 0.6) is 11.5 Å². The van der Waals surface area contributed by atoms with Crippen LogP contribution in [0.4, 0.5) is 0 Å². The maximum absolute atomic E-state index is 5.85. The van der Waals surface area contributed by atoms with E-state index in [0.29, 0.717) is 13.2 Å². The van der Waals surface area contributed by atoms with E-state index >= 15 is 0 Å². The highest BCUT2D eigenvalue weighted by Crippen LogP contribution is 2.29. The van der Waals surface area contributed by atoms with Crippen LogP contribution in [0, 0.1) is 6.92 Å². The van der Waals surface area contributed by atoms with Crippen LogP contribution in [-0.2, 0) is 13.2 Å². The lowest BCUT2D eigenvalue weighted by Gasteiger charge is -2.12. The summed E-state index contributed by atoms with van der Waals surface area (Å²) in [5, 5.41) is 0. The van der Waals surface area contributed by atoms with E-state index in [1.807, 2.05) is 37.3 Å². The Hall–Kier alpha value is -1.59. The highest BCUT2D eigenvalue weighted by molar-refractivity contribution is 9.10. The molecule has 106 valence electrons. The number of aryl methyl sites for hydroxylation is 1. The van der Waals surface area contributed by atoms with Gasteiger partial charge in [0.1, 0.15) is 18.1 Å². The monoisotopic (exact) mass is 336 g/mol. The molecular formula is C15H17BrN2O2. The van der Waals surface area contributed by atoms with Crippen molar-refractivity contribution in [3.05, 3.63) is 51.8 Å². The fourth-order valence-electron chi connectivity index (χ4n) is 1.92. The minimum atomic E-state index is 0.369. The van der Waals surface area contributed by atoms with Gasteiger partial charge in [0.15, 0.2) is 0 Å². The van der Waals surface area contributed by atoms with Crippen molar-refractivity contribution in [3.8, 4) is 11.5 Å². The maximum atomic E-state index is 5.85. The molecule has 0 fully saturated rings. The van der Waals surface area contributed by atoms with E-state index in [0.717, 1.165) is 32.9 Å². The largest absolute Gasteiger partial charge is 0.497 e. The van der Waals surface area contributed by atoms with Gasteiger partial charge in [-0.25, -0.2) is 0 Å². The fraction of sp³-hybridized carbons (Fsp3) is 0.267. The zero-order valence-electron chi connectivity index (χ0n) is 11.5. The summed E-state index contributed by atoms with van der Waals surface area (Å²) in [5.74, 6) is 1.54. The first kappa shape index (κ1) is 14.8. The summed E-state index contributed by atoms with van der Waals surface area (Å²) < 4.78 is 12.0. The molecule has 1 heterocycles. The first-order valence-corrected chi connectivity index (χ1v) is 7.05. The maximum Gasteiger partial charge on any atom is 0.138 e. The Morgan fingerprint density at radius 1 is 1.30 bits per heavy atom. The van der Waals surface area contributed by atoms with Crippen LogP contribution >= 0.6 is 15.9 Å². The fourth-order valence-corrected chi connectivity index (χ4v) is 2.44. The Balaban J connectivity index is 2.19. The van der Waals surface area contributed by atoms with E-state index in [9.17, 15) is 0 Å². The molecule has 0 amide bonds. The number of para-hydroxylation sites is 1. The Bertz CT molecular complexity index is 602. The number of nitrogens with zero attached hydrogens (tertiary/aromatic N) is 1. The zero-order valence-corrected chi connectivity index (χ0v) is 13.1. The average Bonchev–Trinajstić information content (AvgIpc) is 2.45. The number of hydrogen-bond donors (Lipinski definition) is 1. The van der Waals surface area contributed by atoms with Crippen molar-refractivity contribution in [1.29, 1.82) is 0 Å². The van der Waals surface area contributed by atoms with Crippen LogP contribution in [0.15, 0.2) is 34.8 Å². The van der Waals surface area contributed by atoms with Crippen LogP contribution in [0.25, 0.3) is 0 Å². The SMILES string of the molecule is COc1cc(C)nc(COc2c(Br)cccc2CN)c1. The molecule has 2 N–H and O–H groups in total. The first-order valence-electron chi connectivity index (χ1n) is 6.26. The highest BCUT2D eigenvalue weighted by atomic mass is 79.9. The number of hydrogen-bond acceptors (Lipinski definition) is 4. The molecule has 4 nitrogen and oxygen atoms in total. The number of nitrogens with two attached hydrogens (primary N) is 1. The molecule has 0 saturated carbocycles. The lowest BCUT2D eigenvalue weighted by Crippen LogP contribution is -2.05. The van der Waals surface area contributed by atoms with Crippen molar-refractivity contribution in [3.63, 3.8) is 0 Å². The van der Waals surface area contributed by atoms with Gasteiger partial charge in [-0.15, -0.1) is 0 Å². The third-order valence-corrected chi connectivity index (χ3v) is 3.47. The zero-order chi connectivity index (χ0) is 14.5. The van der Waals surface area contributed by atoms with Crippen LogP contribution in [0.2, 0.25) is 0 Å². The molecule has 0 aliphatic carbocycles. The molecule has 20 heavy (non-hydrogen) atoms. The predicted octanol–water partition coefficient (Wildman–Crippen LogP) is 3.20. The molecule has 0 aliphatic heterocycles. The van der Waals surface area contributed by atoms with Gasteiger partial charge in [-0.05, 0) is 28.9 Å². The third-order valence-electron chi connectivity index (χ3n) is 2.85. The van der Waals surface area contributed by atoms with Gasteiger partial charge < -0.3 is 15.2 Å². The summed E-state index contributed by atoms with van der Waals surface area (Å²) in [6.07, 6.45) is 0. The van der Waals surface area contributed by atoms with Gasteiger partial charge in [0.2, 0.25) is 0 Å². The molecule has 5 heteroatoms. The number of aromatic nitrogens is 1. The van der Waals surface area contributed by atoms with Gasteiger partial charge in [-0.2, -0.15) is 0 Å². The molecule has 0 bridgehead atoms. The minimum Gasteiger partial charge on any atom is -0.497 e. The molecular weight excluding hydrogens is 320 g/mol. The van der Waals surface area contributed by atoms with E-state index in [-0.39, 0.29) is 0 Å². The summed E-state index contributed by atoms with van der Waals surface area (Å²) >= 11 is 3.48. The van der Waals surface area contributed by atoms with Gasteiger partial charge in [-0.1, -0.05) is 12.1 Å². The van der Waals surface area contributed by atoms with E-state index in [1.165, 1.54) is 0 Å². The number of benzene rings is 1. The number of ether oxygens (including phenoxy) is 2. The highest BCUT2D eigenvalue weighted by Gasteiger charge is 2.08. The molecule has 0 aliphatic rings. The van der Waals surface area contributed by atoms with Crippen molar-refractivity contribution >= 4 is 15.9 Å². The van der Waals surface area contributed by atoms with Gasteiger partial charge in [0.05, 0.1) is 17.3 Å². The van der Waals surface area contributed by atoms with Crippen molar-refractivity contribution in [1.82, 2.24) is 4.98 Å². The van der Waals surface area contributed by atoms with Crippen molar-refractivity contribution in [2.45, 2.75) is 20.1 Å². The summed E-state index contributed by atoms with van der Waals surface area (Å²) in [6, 6.07) is 9.56. The number of halogens is 1. The minimum absolute atomic E-state index is 0.369. The Labute approximate surface area is 127 Å². The van der Waals surface area contributed by atoms with Crippen LogP contribution in [0.1, 0.15) is 17.0 Å². The summed E-state index contributed by atoms with van der Waals surface area (Å²) in [4.78, 5) is 4.43. The molecule has 2 rings (SSSR count). The normalized spacial score (nSPS) is 10.4. The van der Waals surface area contributed by atoms with Gasteiger partial charge in [-0.3, -0.25) is 4.98 Å². The smallest absolute Gasteiger partial charge is 0.138 e. The van der Waals surface area contributed by atoms with E-state index < -0.39 is 0 Å². The second-order valence-electron chi connectivity index (χ2n) is 4.36. The average molecular weight is 337 g/mol. The van der Waals surface area contributed by atoms with Gasteiger partial charge in [0, 0.05) is 29.9 Å². The van der Waals surface area contributed by atoms with Crippen molar-refractivity contribution < 1.29 is 9.47 Å². The molecule has 0 spiro atoms. The second-order valence-corrected chi connectivity index (χ2v) is 5.21. The quantitative estimate of drug-likeness (QED) is 0.910. The summed E-state index contributed by atoms with van der Waals surface area (Å²) in [5.41, 5.74) is 8.40. The Morgan fingerprint density at radius 3 is 2.80 bits per heavy atom. The Morgan fingerprint density at radius 2 is 2.10 bits per heavy atom. The molecule has 0 unspecified atom stereocenters. The predicted molar refractivity (Wildman–Crippen MR) is 81.9 cm³/mol. The standard InChI is InChI=1S/C15H17BrN2O2/c1-10-6-13(19-2)7-12(18-10)9-20-15-11(8-17)4-3-5-14(15)16/h3-7H,8-9,17H2,1-2H3. The third kappa shape index (κ3) is 3.49. The summed E-state index contributed by atoms with van der Waals surface area (Å²) in [7, 11) is 1.64. The first-order chi connectivity index (χ1) is 9.63. The molecule has 0 radical (unpaired) electrons. The van der Waals surface area contributed by atoms with Crippen LogP contribution < -0.4 is 15.2 Å². The molecule has 0 saturated heterocycles. The summed E-state index contributed by atoms with van der Waals surface area (Å²) in [6.45, 7) is 2.72. The Kier molecular flexibility index (Phi) is 4.98.